The fourth-order valence-electron chi connectivity index (χ4n) is 0. The molecule has 0 unspecified atom stereocenters. The molecule has 4 nitrogen and oxygen atoms in total. The average molecular weight is 267 g/mol. The van der Waals surface area contributed by atoms with Crippen molar-refractivity contribution in [1.82, 2.24) is 0 Å². The van der Waals surface area contributed by atoms with Gasteiger partial charge in [0.25, 0.3) is 0 Å². The van der Waals surface area contributed by atoms with Crippen LogP contribution in [0.5, 0.6) is 0 Å². The Morgan fingerprint density at radius 3 is 0.625 bits per heavy atom. The molecule has 0 atom stereocenters. The van der Waals surface area contributed by atoms with Gasteiger partial charge in [-0.15, -0.1) is 0 Å². The van der Waals surface area contributed by atoms with Crippen molar-refractivity contribution in [3.63, 3.8) is 0 Å². The third kappa shape index (κ3) is 110. The zero-order valence-corrected chi connectivity index (χ0v) is 8.82. The third-order valence-corrected chi connectivity index (χ3v) is 0. The van der Waals surface area contributed by atoms with Gasteiger partial charge in [0.05, 0.1) is 0 Å². The fraction of sp³-hybridized carbons (Fsp3) is 0. The van der Waals surface area contributed by atoms with Crippen LogP contribution in [0.4, 0.5) is 0 Å². The molecule has 0 radical (unpaired) electrons. The summed E-state index contributed by atoms with van der Waals surface area (Å²) in [5, 5.41) is 0. The summed E-state index contributed by atoms with van der Waals surface area (Å²) in [6.07, 6.45) is 0. The summed E-state index contributed by atoms with van der Waals surface area (Å²) in [6, 6.07) is 0. The van der Waals surface area contributed by atoms with Gasteiger partial charge >= 0.3 is 45.3 Å². The van der Waals surface area contributed by atoms with E-state index in [0.29, 0.717) is 0 Å². The van der Waals surface area contributed by atoms with Gasteiger partial charge in [0.15, 0.2) is 0 Å². The normalized spacial score (nSPS) is 3.38. The molecule has 0 amide bonds. The Hall–Kier alpha value is 1.81. The molecule has 0 fully saturated rings. The van der Waals surface area contributed by atoms with Gasteiger partial charge in [-0.05, 0) is 0 Å². The Bertz CT molecular complexity index is 16.0. The van der Waals surface area contributed by atoms with Crippen LogP contribution in [-0.4, -0.2) is 21.9 Å². The Kier molecular flexibility index (Phi) is 95.5. The first-order valence-corrected chi connectivity index (χ1v) is 11.6. The Labute approximate surface area is 66.5 Å². The van der Waals surface area contributed by atoms with Gasteiger partial charge in [-0.2, -0.15) is 0 Å². The summed E-state index contributed by atoms with van der Waals surface area (Å²) < 4.78 is 0. The third-order valence-electron chi connectivity index (χ3n) is 0. The van der Waals surface area contributed by atoms with E-state index >= 15 is 0 Å². The topological polar surface area (TPSA) is 126 Å². The van der Waals surface area contributed by atoms with Crippen molar-refractivity contribution in [3.05, 3.63) is 0 Å². The molecule has 0 spiro atoms. The van der Waals surface area contributed by atoms with E-state index in [1.54, 1.807) is 0 Å². The summed E-state index contributed by atoms with van der Waals surface area (Å²) in [4.78, 5) is 0. The van der Waals surface area contributed by atoms with Crippen LogP contribution in [0, 0.1) is 0 Å². The van der Waals surface area contributed by atoms with Crippen LogP contribution in [0.25, 0.3) is 0 Å². The van der Waals surface area contributed by atoms with Crippen molar-refractivity contribution in [1.29, 1.82) is 0 Å². The summed E-state index contributed by atoms with van der Waals surface area (Å²) in [5.74, 6) is 0. The van der Waals surface area contributed by atoms with Gasteiger partial charge in [-0.1, -0.05) is 0 Å². The quantitative estimate of drug-likeness (QED) is 0.521. The fourth-order valence-corrected chi connectivity index (χ4v) is 0. The van der Waals surface area contributed by atoms with Crippen molar-refractivity contribution in [2.45, 2.75) is 0 Å². The molecule has 0 heterocycles. The zero-order chi connectivity index (χ0) is 3.58. The first kappa shape index (κ1) is 32.9. The van der Waals surface area contributed by atoms with E-state index in [1.807, 2.05) is 0 Å². The molecule has 0 aromatic heterocycles. The minimum atomic E-state index is -2.22. The molecule has 0 aliphatic rings. The predicted octanol–water partition coefficient (Wildman–Crippen LogP) is -1.23. The number of halogens is 3. The van der Waals surface area contributed by atoms with Crippen LogP contribution in [0.3, 0.4) is 0 Å². The van der Waals surface area contributed by atoms with E-state index in [-0.39, 0.29) is 21.9 Å². The summed E-state index contributed by atoms with van der Waals surface area (Å²) in [5.41, 5.74) is 0. The van der Waals surface area contributed by atoms with Gasteiger partial charge in [-0.25, -0.2) is 0 Å². The molecular weight excluding hydrogens is 259 g/mol. The Morgan fingerprint density at radius 2 is 0.625 bits per heavy atom. The van der Waals surface area contributed by atoms with E-state index in [0.717, 1.165) is 0 Å². The maximum atomic E-state index is 5.02. The minimum absolute atomic E-state index is 0. The summed E-state index contributed by atoms with van der Waals surface area (Å²) >= 11 is -2.22. The molecule has 8 N–H and O–H groups in total. The molecule has 56 valence electrons. The van der Waals surface area contributed by atoms with E-state index in [4.69, 9.17) is 22.0 Å². The van der Waals surface area contributed by atoms with Crippen LogP contribution in [0.15, 0.2) is 0 Å². The molecule has 0 bridgehead atoms. The van der Waals surface area contributed by atoms with Crippen LogP contribution >= 0.6 is 22.0 Å². The molecule has 0 aliphatic heterocycles. The van der Waals surface area contributed by atoms with Gasteiger partial charge < -0.3 is 21.9 Å². The first-order chi connectivity index (χ1) is 1.73. The van der Waals surface area contributed by atoms with Gasteiger partial charge in [-0.3, -0.25) is 0 Å². The summed E-state index contributed by atoms with van der Waals surface area (Å²) in [7, 11) is 15.0. The van der Waals surface area contributed by atoms with Crippen LogP contribution in [0.2, 0.25) is 0 Å². The van der Waals surface area contributed by atoms with E-state index in [1.165, 1.54) is 0 Å². The van der Waals surface area contributed by atoms with Crippen molar-refractivity contribution < 1.29 is 45.2 Å². The molecule has 0 aromatic rings. The second-order valence-electron chi connectivity index (χ2n) is 0.247. The summed E-state index contributed by atoms with van der Waals surface area (Å²) in [6.45, 7) is 0. The number of hydrogen-bond acceptors (Lipinski definition) is 0. The molecule has 8 heavy (non-hydrogen) atoms. The predicted molar refractivity (Wildman–Crippen MR) is 32.0 cm³/mol. The molecule has 8 heteroatoms. The van der Waals surface area contributed by atoms with Crippen LogP contribution in [-0.2, 0) is 23.3 Å². The molecule has 0 aromatic carbocycles. The maximum absolute atomic E-state index is 5.02. The van der Waals surface area contributed by atoms with Crippen LogP contribution in [0.1, 0.15) is 0 Å². The Balaban J connectivity index is -0.00000000750. The Morgan fingerprint density at radius 1 is 0.625 bits per heavy atom. The second-order valence-corrected chi connectivity index (χ2v) is 13.2. The van der Waals surface area contributed by atoms with E-state index in [9.17, 15) is 0 Å². The van der Waals surface area contributed by atoms with Crippen molar-refractivity contribution in [3.8, 4) is 0 Å². The molecule has 0 saturated heterocycles. The van der Waals surface area contributed by atoms with E-state index < -0.39 is 23.3 Å². The first-order valence-electron chi connectivity index (χ1n) is 0.655. The van der Waals surface area contributed by atoms with Crippen LogP contribution < -0.4 is 0 Å². The molecule has 0 saturated carbocycles. The zero-order valence-electron chi connectivity index (χ0n) is 3.71. The standard InChI is InChI=1S/3ClH.4H2O.Y/h3*1H;4*1H2;/q;;;;;;;+3/p-3. The SMILES string of the molecule is O.O.O.O.[Cl][Y]([Cl])[Cl]. The van der Waals surface area contributed by atoms with Crippen molar-refractivity contribution in [2.75, 3.05) is 0 Å². The van der Waals surface area contributed by atoms with Crippen molar-refractivity contribution in [2.24, 2.45) is 0 Å². The van der Waals surface area contributed by atoms with Gasteiger partial charge in [0.2, 0.25) is 0 Å². The van der Waals surface area contributed by atoms with Gasteiger partial charge in [0, 0.05) is 0 Å². The van der Waals surface area contributed by atoms with E-state index in [2.05, 4.69) is 0 Å². The molecular formula is H8Cl3O4Y. The number of hydrogen-bond donors (Lipinski definition) is 0. The number of rotatable bonds is 0. The monoisotopic (exact) mass is 266 g/mol. The second kappa shape index (κ2) is 23.2. The van der Waals surface area contributed by atoms with Gasteiger partial charge in [0.1, 0.15) is 0 Å². The molecule has 0 aliphatic carbocycles. The molecule has 0 rings (SSSR count). The average Bonchev–Trinajstić information content (AvgIpc) is 0.811. The van der Waals surface area contributed by atoms with Crippen molar-refractivity contribution >= 4 is 22.0 Å².